The molecule has 5 nitrogen and oxygen atoms in total. The minimum absolute atomic E-state index is 0.0209. The Hall–Kier alpha value is -2.40. The Labute approximate surface area is 134 Å². The standard InChI is InChI=1S/C18H20N2O3/c1-12-4-6-13(7-5-12)16-9-8-15(18(22)20-16)17(21)19-14-3-2-10-23-11-14/h4-9,14H,2-3,10-11H2,1H3,(H,19,21)(H,20,22)/t14-/m1/s1. The van der Waals surface area contributed by atoms with Crippen LogP contribution in [-0.4, -0.2) is 30.1 Å². The van der Waals surface area contributed by atoms with Crippen molar-refractivity contribution in [3.63, 3.8) is 0 Å². The summed E-state index contributed by atoms with van der Waals surface area (Å²) in [5, 5.41) is 2.86. The summed E-state index contributed by atoms with van der Waals surface area (Å²) in [5.74, 6) is -0.350. The summed E-state index contributed by atoms with van der Waals surface area (Å²) in [6.07, 6.45) is 1.80. The molecule has 2 aromatic rings. The SMILES string of the molecule is Cc1ccc(-c2ccc(C(=O)N[C@@H]3CCCOC3)c(=O)[nH]2)cc1. The fourth-order valence-electron chi connectivity index (χ4n) is 2.67. The summed E-state index contributed by atoms with van der Waals surface area (Å²) >= 11 is 0. The third-order valence-electron chi connectivity index (χ3n) is 4.01. The number of amides is 1. The number of H-pyrrole nitrogens is 1. The van der Waals surface area contributed by atoms with E-state index in [9.17, 15) is 9.59 Å². The maximum Gasteiger partial charge on any atom is 0.261 e. The predicted molar refractivity (Wildman–Crippen MR) is 88.5 cm³/mol. The van der Waals surface area contributed by atoms with Gasteiger partial charge in [0.15, 0.2) is 0 Å². The number of aromatic amines is 1. The van der Waals surface area contributed by atoms with Crippen molar-refractivity contribution >= 4 is 5.91 Å². The normalized spacial score (nSPS) is 17.7. The number of pyridine rings is 1. The van der Waals surface area contributed by atoms with Crippen LogP contribution in [0.15, 0.2) is 41.2 Å². The number of hydrogen-bond acceptors (Lipinski definition) is 3. The van der Waals surface area contributed by atoms with Gasteiger partial charge in [-0.25, -0.2) is 0 Å². The number of ether oxygens (including phenoxy) is 1. The first kappa shape index (κ1) is 15.5. The van der Waals surface area contributed by atoms with Crippen LogP contribution in [0.4, 0.5) is 0 Å². The monoisotopic (exact) mass is 312 g/mol. The number of aryl methyl sites for hydroxylation is 1. The van der Waals surface area contributed by atoms with E-state index in [1.54, 1.807) is 12.1 Å². The van der Waals surface area contributed by atoms with Crippen molar-refractivity contribution in [3.05, 3.63) is 57.9 Å². The number of aromatic nitrogens is 1. The Bertz CT molecular complexity index is 744. The van der Waals surface area contributed by atoms with Crippen LogP contribution >= 0.6 is 0 Å². The summed E-state index contributed by atoms with van der Waals surface area (Å²) in [5.41, 5.74) is 2.53. The molecule has 0 unspecified atom stereocenters. The molecule has 0 aliphatic carbocycles. The number of rotatable bonds is 3. The Morgan fingerprint density at radius 3 is 2.65 bits per heavy atom. The summed E-state index contributed by atoms with van der Waals surface area (Å²) in [7, 11) is 0. The molecule has 1 atom stereocenters. The van der Waals surface area contributed by atoms with Gasteiger partial charge in [-0.15, -0.1) is 0 Å². The van der Waals surface area contributed by atoms with Gasteiger partial charge >= 0.3 is 0 Å². The second-order valence-corrected chi connectivity index (χ2v) is 5.87. The molecule has 1 amide bonds. The summed E-state index contributed by atoms with van der Waals surface area (Å²) in [6.45, 7) is 3.25. The van der Waals surface area contributed by atoms with Gasteiger partial charge in [0.25, 0.3) is 11.5 Å². The third-order valence-corrected chi connectivity index (χ3v) is 4.01. The molecular weight excluding hydrogens is 292 g/mol. The molecule has 1 aromatic heterocycles. The zero-order valence-electron chi connectivity index (χ0n) is 13.1. The van der Waals surface area contributed by atoms with Gasteiger partial charge in [0.1, 0.15) is 5.56 Å². The number of nitrogens with one attached hydrogen (secondary N) is 2. The van der Waals surface area contributed by atoms with E-state index in [0.717, 1.165) is 30.6 Å². The topological polar surface area (TPSA) is 71.2 Å². The lowest BCUT2D eigenvalue weighted by atomic mass is 10.1. The highest BCUT2D eigenvalue weighted by Crippen LogP contribution is 2.16. The van der Waals surface area contributed by atoms with E-state index in [1.807, 2.05) is 31.2 Å². The van der Waals surface area contributed by atoms with E-state index in [0.29, 0.717) is 12.3 Å². The minimum atomic E-state index is -0.377. The Morgan fingerprint density at radius 1 is 1.22 bits per heavy atom. The molecule has 23 heavy (non-hydrogen) atoms. The molecular formula is C18H20N2O3. The van der Waals surface area contributed by atoms with Gasteiger partial charge in [-0.3, -0.25) is 9.59 Å². The molecule has 0 spiro atoms. The van der Waals surface area contributed by atoms with Gasteiger partial charge in [-0.05, 0) is 37.5 Å². The van der Waals surface area contributed by atoms with Crippen molar-refractivity contribution in [2.24, 2.45) is 0 Å². The van der Waals surface area contributed by atoms with Crippen LogP contribution in [0.25, 0.3) is 11.3 Å². The molecule has 1 fully saturated rings. The van der Waals surface area contributed by atoms with Crippen molar-refractivity contribution in [2.45, 2.75) is 25.8 Å². The Balaban J connectivity index is 1.77. The van der Waals surface area contributed by atoms with E-state index in [2.05, 4.69) is 10.3 Å². The second kappa shape index (κ2) is 6.79. The average molecular weight is 312 g/mol. The minimum Gasteiger partial charge on any atom is -0.379 e. The number of carbonyl (C=O) groups excluding carboxylic acids is 1. The summed E-state index contributed by atoms with van der Waals surface area (Å²) in [4.78, 5) is 27.2. The summed E-state index contributed by atoms with van der Waals surface area (Å²) < 4.78 is 5.33. The van der Waals surface area contributed by atoms with Crippen molar-refractivity contribution in [2.75, 3.05) is 13.2 Å². The Morgan fingerprint density at radius 2 is 2.00 bits per heavy atom. The average Bonchev–Trinajstić information content (AvgIpc) is 2.56. The number of benzene rings is 1. The van der Waals surface area contributed by atoms with Gasteiger partial charge in [-0.1, -0.05) is 29.8 Å². The van der Waals surface area contributed by atoms with E-state index in [4.69, 9.17) is 4.74 Å². The van der Waals surface area contributed by atoms with Crippen molar-refractivity contribution in [1.29, 1.82) is 0 Å². The van der Waals surface area contributed by atoms with E-state index in [-0.39, 0.29) is 23.1 Å². The molecule has 3 rings (SSSR count). The maximum atomic E-state index is 12.2. The van der Waals surface area contributed by atoms with Gasteiger partial charge < -0.3 is 15.0 Å². The van der Waals surface area contributed by atoms with Crippen molar-refractivity contribution < 1.29 is 9.53 Å². The molecule has 120 valence electrons. The van der Waals surface area contributed by atoms with Gasteiger partial charge in [0.05, 0.1) is 12.6 Å². The predicted octanol–water partition coefficient (Wildman–Crippen LogP) is 2.26. The zero-order chi connectivity index (χ0) is 16.2. The molecule has 2 N–H and O–H groups in total. The van der Waals surface area contributed by atoms with Crippen LogP contribution in [0.2, 0.25) is 0 Å². The molecule has 1 saturated heterocycles. The lowest BCUT2D eigenvalue weighted by molar-refractivity contribution is 0.0623. The second-order valence-electron chi connectivity index (χ2n) is 5.87. The van der Waals surface area contributed by atoms with Crippen LogP contribution in [-0.2, 0) is 4.74 Å². The first-order valence-electron chi connectivity index (χ1n) is 7.82. The van der Waals surface area contributed by atoms with Crippen LogP contribution < -0.4 is 10.9 Å². The highest BCUT2D eigenvalue weighted by atomic mass is 16.5. The highest BCUT2D eigenvalue weighted by molar-refractivity contribution is 5.94. The van der Waals surface area contributed by atoms with Crippen molar-refractivity contribution in [3.8, 4) is 11.3 Å². The largest absolute Gasteiger partial charge is 0.379 e. The lowest BCUT2D eigenvalue weighted by Gasteiger charge is -2.22. The zero-order valence-corrected chi connectivity index (χ0v) is 13.1. The van der Waals surface area contributed by atoms with Crippen LogP contribution in [0.3, 0.4) is 0 Å². The van der Waals surface area contributed by atoms with Gasteiger partial charge in [-0.2, -0.15) is 0 Å². The molecule has 1 aromatic carbocycles. The van der Waals surface area contributed by atoms with E-state index < -0.39 is 0 Å². The molecule has 0 saturated carbocycles. The summed E-state index contributed by atoms with van der Waals surface area (Å²) in [6, 6.07) is 11.2. The van der Waals surface area contributed by atoms with E-state index >= 15 is 0 Å². The Kier molecular flexibility index (Phi) is 4.57. The molecule has 0 bridgehead atoms. The number of carbonyl (C=O) groups is 1. The first-order chi connectivity index (χ1) is 11.1. The molecule has 5 heteroatoms. The molecule has 1 aliphatic rings. The van der Waals surface area contributed by atoms with Crippen LogP contribution in [0.1, 0.15) is 28.8 Å². The third kappa shape index (κ3) is 3.68. The van der Waals surface area contributed by atoms with Gasteiger partial charge in [0.2, 0.25) is 0 Å². The molecule has 2 heterocycles. The van der Waals surface area contributed by atoms with E-state index in [1.165, 1.54) is 0 Å². The highest BCUT2D eigenvalue weighted by Gasteiger charge is 2.19. The smallest absolute Gasteiger partial charge is 0.261 e. The van der Waals surface area contributed by atoms with Crippen LogP contribution in [0, 0.1) is 6.92 Å². The fraction of sp³-hybridized carbons (Fsp3) is 0.333. The first-order valence-corrected chi connectivity index (χ1v) is 7.82. The quantitative estimate of drug-likeness (QED) is 0.913. The maximum absolute atomic E-state index is 12.2. The molecule has 1 aliphatic heterocycles. The van der Waals surface area contributed by atoms with Crippen LogP contribution in [0.5, 0.6) is 0 Å². The fourth-order valence-corrected chi connectivity index (χ4v) is 2.67. The molecule has 0 radical (unpaired) electrons. The van der Waals surface area contributed by atoms with Gasteiger partial charge in [0, 0.05) is 12.3 Å². The van der Waals surface area contributed by atoms with Crippen molar-refractivity contribution in [1.82, 2.24) is 10.3 Å². The lowest BCUT2D eigenvalue weighted by Crippen LogP contribution is -2.42. The number of hydrogen-bond donors (Lipinski definition) is 2.